The molecular formula is C28H37N3O6. The van der Waals surface area contributed by atoms with Crippen LogP contribution in [-0.4, -0.2) is 78.2 Å². The largest absolute Gasteiger partial charge is 0.466 e. The zero-order chi connectivity index (χ0) is 26.4. The summed E-state index contributed by atoms with van der Waals surface area (Å²) in [4.78, 5) is 41.9. The number of ether oxygens (including phenoxy) is 2. The van der Waals surface area contributed by atoms with Gasteiger partial charge in [-0.3, -0.25) is 14.4 Å². The Morgan fingerprint density at radius 3 is 2.62 bits per heavy atom. The number of rotatable bonds is 9. The van der Waals surface area contributed by atoms with E-state index < -0.39 is 0 Å². The normalized spacial score (nSPS) is 18.1. The Kier molecular flexibility index (Phi) is 8.97. The Bertz CT molecular complexity index is 1100. The van der Waals surface area contributed by atoms with Gasteiger partial charge in [-0.05, 0) is 58.1 Å². The molecule has 0 aliphatic carbocycles. The zero-order valence-electron chi connectivity index (χ0n) is 22.0. The number of piperidine rings is 1. The minimum absolute atomic E-state index is 0.0244. The van der Waals surface area contributed by atoms with Crippen molar-refractivity contribution >= 4 is 17.8 Å². The van der Waals surface area contributed by atoms with E-state index in [2.05, 4.69) is 5.16 Å². The van der Waals surface area contributed by atoms with Crippen LogP contribution in [0.2, 0.25) is 0 Å². The lowest BCUT2D eigenvalue weighted by Crippen LogP contribution is -2.43. The van der Waals surface area contributed by atoms with Crippen LogP contribution in [0.25, 0.3) is 11.3 Å². The van der Waals surface area contributed by atoms with Crippen molar-refractivity contribution in [3.05, 3.63) is 41.1 Å². The number of aryl methyl sites for hydroxylation is 2. The fourth-order valence-corrected chi connectivity index (χ4v) is 4.99. The van der Waals surface area contributed by atoms with Crippen molar-refractivity contribution in [2.24, 2.45) is 5.92 Å². The van der Waals surface area contributed by atoms with E-state index >= 15 is 0 Å². The zero-order valence-corrected chi connectivity index (χ0v) is 22.0. The van der Waals surface area contributed by atoms with E-state index in [4.69, 9.17) is 14.0 Å². The van der Waals surface area contributed by atoms with Crippen molar-refractivity contribution in [2.75, 3.05) is 39.4 Å². The number of hydrogen-bond donors (Lipinski definition) is 0. The van der Waals surface area contributed by atoms with E-state index in [1.54, 1.807) is 22.8 Å². The highest BCUT2D eigenvalue weighted by molar-refractivity contribution is 5.93. The summed E-state index contributed by atoms with van der Waals surface area (Å²) in [6.45, 7) is 8.54. The maximum atomic E-state index is 13.5. The number of carbonyl (C=O) groups is 3. The lowest BCUT2D eigenvalue weighted by molar-refractivity contribution is -0.151. The van der Waals surface area contributed by atoms with Gasteiger partial charge in [0, 0.05) is 50.8 Å². The van der Waals surface area contributed by atoms with Gasteiger partial charge in [-0.2, -0.15) is 0 Å². The molecule has 2 aliphatic rings. The first-order valence-electron chi connectivity index (χ1n) is 13.2. The number of carbonyl (C=O) groups excluding carboxylic acids is 3. The van der Waals surface area contributed by atoms with Gasteiger partial charge < -0.3 is 23.8 Å². The fourth-order valence-electron chi connectivity index (χ4n) is 4.99. The second-order valence-electron chi connectivity index (χ2n) is 9.94. The highest BCUT2D eigenvalue weighted by Gasteiger charge is 2.30. The maximum absolute atomic E-state index is 13.5. The van der Waals surface area contributed by atoms with Gasteiger partial charge in [0.05, 0.1) is 18.6 Å². The molecule has 1 atom stereocenters. The summed E-state index contributed by atoms with van der Waals surface area (Å²) in [5, 5.41) is 4.07. The van der Waals surface area contributed by atoms with Crippen LogP contribution in [0.4, 0.5) is 0 Å². The molecule has 37 heavy (non-hydrogen) atoms. The lowest BCUT2D eigenvalue weighted by Gasteiger charge is -2.32. The average Bonchev–Trinajstić information content (AvgIpc) is 3.60. The lowest BCUT2D eigenvalue weighted by atomic mass is 9.97. The molecule has 9 nitrogen and oxygen atoms in total. The number of hydrogen-bond acceptors (Lipinski definition) is 7. The molecule has 2 fully saturated rings. The minimum atomic E-state index is -0.273. The first-order valence-corrected chi connectivity index (χ1v) is 13.2. The standard InChI is InChI=1S/C28H37N3O6/c1-4-35-28(34)21-9-12-30(13-10-21)26(32)11-14-31(18-22-6-5-15-36-22)27(33)24-17-25(37-29-24)23-16-19(2)7-8-20(23)3/h7-8,16-17,21-22H,4-6,9-15,18H2,1-3H3. The Morgan fingerprint density at radius 2 is 1.92 bits per heavy atom. The molecule has 0 bridgehead atoms. The first kappa shape index (κ1) is 26.9. The molecule has 2 aliphatic heterocycles. The molecule has 3 heterocycles. The van der Waals surface area contributed by atoms with Crippen LogP contribution in [0.15, 0.2) is 28.8 Å². The van der Waals surface area contributed by atoms with Crippen LogP contribution in [0.1, 0.15) is 60.6 Å². The van der Waals surface area contributed by atoms with Crippen LogP contribution < -0.4 is 0 Å². The Balaban J connectivity index is 1.40. The Morgan fingerprint density at radius 1 is 1.14 bits per heavy atom. The van der Waals surface area contributed by atoms with Gasteiger partial charge in [-0.1, -0.05) is 22.9 Å². The fraction of sp³-hybridized carbons (Fsp3) is 0.571. The second kappa shape index (κ2) is 12.4. The maximum Gasteiger partial charge on any atom is 0.309 e. The van der Waals surface area contributed by atoms with Crippen LogP contribution >= 0.6 is 0 Å². The van der Waals surface area contributed by atoms with E-state index in [9.17, 15) is 14.4 Å². The van der Waals surface area contributed by atoms with Crippen LogP contribution in [0.3, 0.4) is 0 Å². The number of aromatic nitrogens is 1. The van der Waals surface area contributed by atoms with Gasteiger partial charge in [0.15, 0.2) is 11.5 Å². The predicted octanol–water partition coefficient (Wildman–Crippen LogP) is 3.77. The quantitative estimate of drug-likeness (QED) is 0.472. The van der Waals surface area contributed by atoms with Gasteiger partial charge >= 0.3 is 5.97 Å². The minimum Gasteiger partial charge on any atom is -0.466 e. The van der Waals surface area contributed by atoms with Crippen LogP contribution in [0, 0.1) is 19.8 Å². The molecule has 1 aromatic heterocycles. The third kappa shape index (κ3) is 6.77. The molecule has 1 unspecified atom stereocenters. The highest BCUT2D eigenvalue weighted by Crippen LogP contribution is 2.26. The number of esters is 1. The predicted molar refractivity (Wildman–Crippen MR) is 137 cm³/mol. The van der Waals surface area contributed by atoms with Gasteiger partial charge in [0.2, 0.25) is 5.91 Å². The summed E-state index contributed by atoms with van der Waals surface area (Å²) in [5.41, 5.74) is 3.25. The Hall–Kier alpha value is -3.20. The number of amides is 2. The van der Waals surface area contributed by atoms with Crippen molar-refractivity contribution in [3.63, 3.8) is 0 Å². The molecule has 0 spiro atoms. The summed E-state index contributed by atoms with van der Waals surface area (Å²) in [6.07, 6.45) is 3.19. The molecule has 1 aromatic carbocycles. The van der Waals surface area contributed by atoms with Crippen molar-refractivity contribution in [1.29, 1.82) is 0 Å². The summed E-state index contributed by atoms with van der Waals surface area (Å²) in [7, 11) is 0. The number of nitrogens with zero attached hydrogens (tertiary/aromatic N) is 3. The van der Waals surface area contributed by atoms with Crippen molar-refractivity contribution in [2.45, 2.75) is 59.0 Å². The first-order chi connectivity index (χ1) is 17.9. The van der Waals surface area contributed by atoms with Crippen LogP contribution in [-0.2, 0) is 19.1 Å². The molecule has 0 radical (unpaired) electrons. The molecule has 0 saturated carbocycles. The summed E-state index contributed by atoms with van der Waals surface area (Å²) in [5.74, 6) is -0.0915. The molecule has 9 heteroatoms. The van der Waals surface area contributed by atoms with Crippen molar-refractivity contribution in [3.8, 4) is 11.3 Å². The van der Waals surface area contributed by atoms with E-state index in [0.29, 0.717) is 51.4 Å². The van der Waals surface area contributed by atoms with E-state index in [-0.39, 0.29) is 48.5 Å². The summed E-state index contributed by atoms with van der Waals surface area (Å²) in [6, 6.07) is 7.73. The summed E-state index contributed by atoms with van der Waals surface area (Å²) < 4.78 is 16.4. The van der Waals surface area contributed by atoms with Crippen molar-refractivity contribution in [1.82, 2.24) is 15.0 Å². The Labute approximate surface area is 218 Å². The van der Waals surface area contributed by atoms with Crippen LogP contribution in [0.5, 0.6) is 0 Å². The number of benzene rings is 1. The monoisotopic (exact) mass is 511 g/mol. The second-order valence-corrected chi connectivity index (χ2v) is 9.94. The van der Waals surface area contributed by atoms with E-state index in [1.807, 2.05) is 32.0 Å². The summed E-state index contributed by atoms with van der Waals surface area (Å²) >= 11 is 0. The molecule has 200 valence electrons. The molecule has 2 amide bonds. The smallest absolute Gasteiger partial charge is 0.309 e. The third-order valence-electron chi connectivity index (χ3n) is 7.19. The topological polar surface area (TPSA) is 102 Å². The van der Waals surface area contributed by atoms with Gasteiger partial charge in [-0.15, -0.1) is 0 Å². The van der Waals surface area contributed by atoms with Crippen molar-refractivity contribution < 1.29 is 28.4 Å². The molecule has 2 saturated heterocycles. The van der Waals surface area contributed by atoms with Gasteiger partial charge in [0.1, 0.15) is 0 Å². The van der Waals surface area contributed by atoms with E-state index in [0.717, 1.165) is 29.5 Å². The van der Waals surface area contributed by atoms with E-state index in [1.165, 1.54) is 0 Å². The number of likely N-dealkylation sites (tertiary alicyclic amines) is 1. The molecular weight excluding hydrogens is 474 g/mol. The van der Waals surface area contributed by atoms with Gasteiger partial charge in [0.25, 0.3) is 5.91 Å². The molecule has 2 aromatic rings. The molecule has 0 N–H and O–H groups in total. The SMILES string of the molecule is CCOC(=O)C1CCN(C(=O)CCN(CC2CCCO2)C(=O)c2cc(-c3cc(C)ccc3C)on2)CC1. The highest BCUT2D eigenvalue weighted by atomic mass is 16.5. The van der Waals surface area contributed by atoms with Gasteiger partial charge in [-0.25, -0.2) is 0 Å². The molecule has 4 rings (SSSR count). The third-order valence-corrected chi connectivity index (χ3v) is 7.19. The average molecular weight is 512 g/mol.